The molecule has 7 heteroatoms. The van der Waals surface area contributed by atoms with Crippen LogP contribution in [0.2, 0.25) is 0 Å². The van der Waals surface area contributed by atoms with Crippen LogP contribution in [0.1, 0.15) is 22.7 Å². The van der Waals surface area contributed by atoms with Gasteiger partial charge in [-0.2, -0.15) is 0 Å². The van der Waals surface area contributed by atoms with Crippen LogP contribution in [-0.2, 0) is 20.7 Å². The molecule has 142 valence electrons. The smallest absolute Gasteiger partial charge is 0.396 e. The van der Waals surface area contributed by atoms with Crippen molar-refractivity contribution in [2.24, 2.45) is 0 Å². The number of nitrogens with zero attached hydrogens (tertiary/aromatic N) is 1. The molecule has 0 N–H and O–H groups in total. The van der Waals surface area contributed by atoms with Gasteiger partial charge in [-0.05, 0) is 47.4 Å². The number of fused-ring (bicyclic) bond motifs is 1. The lowest BCUT2D eigenvalue weighted by Crippen LogP contribution is -2.44. The molecule has 1 atom stereocenters. The van der Waals surface area contributed by atoms with Gasteiger partial charge < -0.3 is 19.1 Å². The summed E-state index contributed by atoms with van der Waals surface area (Å²) in [4.78, 5) is 25.9. The molecule has 1 aliphatic rings. The quantitative estimate of drug-likeness (QED) is 0.611. The molecule has 6 nitrogen and oxygen atoms in total. The summed E-state index contributed by atoms with van der Waals surface area (Å²) in [5.41, 5.74) is 2.44. The van der Waals surface area contributed by atoms with E-state index in [4.69, 9.17) is 9.47 Å². The average Bonchev–Trinajstić information content (AvgIpc) is 2.71. The van der Waals surface area contributed by atoms with E-state index in [0.717, 1.165) is 11.1 Å². The number of benzene rings is 2. The fourth-order valence-electron chi connectivity index (χ4n) is 3.37. The Labute approximate surface area is 156 Å². The highest BCUT2D eigenvalue weighted by molar-refractivity contribution is 6.32. The van der Waals surface area contributed by atoms with Gasteiger partial charge in [-0.15, -0.1) is 0 Å². The predicted octanol–water partition coefficient (Wildman–Crippen LogP) is 2.49. The van der Waals surface area contributed by atoms with Crippen molar-refractivity contribution >= 4 is 11.9 Å². The number of hydrogen-bond donors (Lipinski definition) is 0. The van der Waals surface area contributed by atoms with E-state index in [-0.39, 0.29) is 5.82 Å². The van der Waals surface area contributed by atoms with E-state index < -0.39 is 17.9 Å². The first kappa shape index (κ1) is 18.7. The lowest BCUT2D eigenvalue weighted by Gasteiger charge is -2.37. The van der Waals surface area contributed by atoms with Crippen LogP contribution in [0, 0.1) is 5.82 Å². The minimum absolute atomic E-state index is 0.318. The standard InChI is InChI=1S/C20H20FNO5/c1-25-16-10-13-8-9-22(19(23)20(24)27-3)18(15(13)11-17(16)26-2)12-4-6-14(21)7-5-12/h4-7,10-11,18H,8-9H2,1-3H3. The third-order valence-corrected chi connectivity index (χ3v) is 4.68. The number of carbonyl (C=O) groups is 2. The molecule has 0 fully saturated rings. The van der Waals surface area contributed by atoms with Crippen LogP contribution in [0.15, 0.2) is 36.4 Å². The molecular formula is C20H20FNO5. The summed E-state index contributed by atoms with van der Waals surface area (Å²) in [5, 5.41) is 0. The molecule has 0 aromatic heterocycles. The Balaban J connectivity index is 2.16. The van der Waals surface area contributed by atoms with Crippen molar-refractivity contribution in [3.8, 4) is 11.5 Å². The van der Waals surface area contributed by atoms with Gasteiger partial charge in [0.25, 0.3) is 0 Å². The van der Waals surface area contributed by atoms with Gasteiger partial charge in [0, 0.05) is 6.54 Å². The summed E-state index contributed by atoms with van der Waals surface area (Å²) in [6.07, 6.45) is 0.538. The monoisotopic (exact) mass is 373 g/mol. The van der Waals surface area contributed by atoms with Crippen molar-refractivity contribution in [2.75, 3.05) is 27.9 Å². The summed E-state index contributed by atoms with van der Waals surface area (Å²) in [5.74, 6) is -0.969. The second-order valence-corrected chi connectivity index (χ2v) is 6.10. The summed E-state index contributed by atoms with van der Waals surface area (Å²) in [6.45, 7) is 0.318. The second kappa shape index (κ2) is 7.65. The lowest BCUT2D eigenvalue weighted by atomic mass is 9.87. The van der Waals surface area contributed by atoms with Crippen LogP contribution in [-0.4, -0.2) is 44.7 Å². The van der Waals surface area contributed by atoms with E-state index in [9.17, 15) is 14.0 Å². The van der Waals surface area contributed by atoms with Crippen molar-refractivity contribution in [1.29, 1.82) is 0 Å². The highest BCUT2D eigenvalue weighted by atomic mass is 19.1. The molecule has 1 amide bonds. The first-order chi connectivity index (χ1) is 13.0. The summed E-state index contributed by atoms with van der Waals surface area (Å²) >= 11 is 0. The second-order valence-electron chi connectivity index (χ2n) is 6.10. The van der Waals surface area contributed by atoms with E-state index in [1.807, 2.05) is 6.07 Å². The maximum atomic E-state index is 13.4. The Morgan fingerprint density at radius 2 is 1.67 bits per heavy atom. The third kappa shape index (κ3) is 3.45. The highest BCUT2D eigenvalue weighted by Crippen LogP contribution is 2.41. The maximum Gasteiger partial charge on any atom is 0.396 e. The molecule has 0 aliphatic carbocycles. The molecule has 2 aromatic carbocycles. The van der Waals surface area contributed by atoms with Crippen molar-refractivity contribution in [1.82, 2.24) is 4.90 Å². The van der Waals surface area contributed by atoms with Gasteiger partial charge in [-0.1, -0.05) is 12.1 Å². The molecule has 0 saturated carbocycles. The normalized spacial score (nSPS) is 15.7. The number of esters is 1. The van der Waals surface area contributed by atoms with Gasteiger partial charge in [0.15, 0.2) is 11.5 Å². The first-order valence-corrected chi connectivity index (χ1v) is 8.39. The Kier molecular flexibility index (Phi) is 5.30. The van der Waals surface area contributed by atoms with Gasteiger partial charge in [0.05, 0.1) is 27.4 Å². The topological polar surface area (TPSA) is 65.1 Å². The van der Waals surface area contributed by atoms with E-state index >= 15 is 0 Å². The van der Waals surface area contributed by atoms with Gasteiger partial charge in [-0.25, -0.2) is 9.18 Å². The molecule has 1 heterocycles. The minimum atomic E-state index is -0.939. The molecule has 0 spiro atoms. The molecule has 0 bridgehead atoms. The molecule has 0 radical (unpaired) electrons. The fourth-order valence-corrected chi connectivity index (χ4v) is 3.37. The number of rotatable bonds is 3. The van der Waals surface area contributed by atoms with Crippen molar-refractivity contribution in [2.45, 2.75) is 12.5 Å². The highest BCUT2D eigenvalue weighted by Gasteiger charge is 2.36. The zero-order valence-corrected chi connectivity index (χ0v) is 15.3. The minimum Gasteiger partial charge on any atom is -0.493 e. The molecular weight excluding hydrogens is 353 g/mol. The Hall–Kier alpha value is -3.09. The lowest BCUT2D eigenvalue weighted by molar-refractivity contribution is -0.159. The van der Waals surface area contributed by atoms with E-state index in [1.54, 1.807) is 25.3 Å². The van der Waals surface area contributed by atoms with Gasteiger partial charge in [-0.3, -0.25) is 4.79 Å². The molecule has 2 aromatic rings. The van der Waals surface area contributed by atoms with Crippen molar-refractivity contribution < 1.29 is 28.2 Å². The Bertz CT molecular complexity index is 865. The van der Waals surface area contributed by atoms with Crippen LogP contribution in [0.5, 0.6) is 11.5 Å². The van der Waals surface area contributed by atoms with Crippen molar-refractivity contribution in [3.63, 3.8) is 0 Å². The molecule has 1 unspecified atom stereocenters. The molecule has 1 aliphatic heterocycles. The Morgan fingerprint density at radius 3 is 2.26 bits per heavy atom. The van der Waals surface area contributed by atoms with E-state index in [2.05, 4.69) is 4.74 Å². The molecule has 3 rings (SSSR count). The third-order valence-electron chi connectivity index (χ3n) is 4.68. The summed E-state index contributed by atoms with van der Waals surface area (Å²) in [7, 11) is 4.24. The number of carbonyl (C=O) groups excluding carboxylic acids is 2. The van der Waals surface area contributed by atoms with Crippen LogP contribution in [0.25, 0.3) is 0 Å². The van der Waals surface area contributed by atoms with Crippen LogP contribution >= 0.6 is 0 Å². The van der Waals surface area contributed by atoms with Crippen molar-refractivity contribution in [3.05, 3.63) is 58.9 Å². The maximum absolute atomic E-state index is 13.4. The zero-order chi connectivity index (χ0) is 19.6. The van der Waals surface area contributed by atoms with Crippen LogP contribution < -0.4 is 9.47 Å². The summed E-state index contributed by atoms with van der Waals surface area (Å²) < 4.78 is 28.8. The predicted molar refractivity (Wildman–Crippen MR) is 95.2 cm³/mol. The fraction of sp³-hybridized carbons (Fsp3) is 0.300. The number of hydrogen-bond acceptors (Lipinski definition) is 5. The van der Waals surface area contributed by atoms with Gasteiger partial charge in [0.1, 0.15) is 5.82 Å². The van der Waals surface area contributed by atoms with E-state index in [0.29, 0.717) is 30.0 Å². The summed E-state index contributed by atoms with van der Waals surface area (Å²) in [6, 6.07) is 8.94. The average molecular weight is 373 g/mol. The van der Waals surface area contributed by atoms with Gasteiger partial charge in [0.2, 0.25) is 0 Å². The SMILES string of the molecule is COC(=O)C(=O)N1CCc2cc(OC)c(OC)cc2C1c1ccc(F)cc1. The van der Waals surface area contributed by atoms with Crippen LogP contribution in [0.4, 0.5) is 4.39 Å². The largest absolute Gasteiger partial charge is 0.493 e. The Morgan fingerprint density at radius 1 is 1.04 bits per heavy atom. The molecule has 0 saturated heterocycles. The number of halogens is 1. The van der Waals surface area contributed by atoms with E-state index in [1.165, 1.54) is 31.3 Å². The number of methoxy groups -OCH3 is 3. The number of amides is 1. The zero-order valence-electron chi connectivity index (χ0n) is 15.3. The first-order valence-electron chi connectivity index (χ1n) is 8.39. The van der Waals surface area contributed by atoms with Gasteiger partial charge >= 0.3 is 11.9 Å². The number of ether oxygens (including phenoxy) is 3. The van der Waals surface area contributed by atoms with Crippen LogP contribution in [0.3, 0.4) is 0 Å². The molecule has 27 heavy (non-hydrogen) atoms.